The molecule has 1 aliphatic heterocycles. The maximum Gasteiger partial charge on any atom is 0.226 e. The molecule has 4 nitrogen and oxygen atoms in total. The summed E-state index contributed by atoms with van der Waals surface area (Å²) in [6.45, 7) is 3.69. The Balaban J connectivity index is 1.39. The third-order valence-electron chi connectivity index (χ3n) is 5.24. The number of carbonyl (C=O) groups is 1. The molecule has 0 saturated carbocycles. The average Bonchev–Trinajstić information content (AvgIpc) is 3.08. The first-order valence-electron chi connectivity index (χ1n) is 8.97. The van der Waals surface area contributed by atoms with E-state index in [9.17, 15) is 4.79 Å². The number of aromatic nitrogens is 2. The third-order valence-corrected chi connectivity index (χ3v) is 5.24. The number of piperidine rings is 1. The molecule has 2 heterocycles. The molecule has 0 aliphatic carbocycles. The van der Waals surface area contributed by atoms with Gasteiger partial charge >= 0.3 is 0 Å². The highest BCUT2D eigenvalue weighted by atomic mass is 16.2. The molecule has 0 unspecified atom stereocenters. The number of aryl methyl sites for hydroxylation is 1. The van der Waals surface area contributed by atoms with Crippen molar-refractivity contribution in [2.45, 2.75) is 32.1 Å². The van der Waals surface area contributed by atoms with Crippen LogP contribution in [0.25, 0.3) is 11.0 Å². The summed E-state index contributed by atoms with van der Waals surface area (Å²) in [7, 11) is 0. The maximum atomic E-state index is 12.6. The summed E-state index contributed by atoms with van der Waals surface area (Å²) in [5.74, 6) is 1.71. The second-order valence-corrected chi connectivity index (χ2v) is 6.90. The molecule has 0 bridgehead atoms. The number of amides is 1. The molecule has 2 aromatic carbocycles. The first-order chi connectivity index (χ1) is 12.2. The predicted octanol–water partition coefficient (Wildman–Crippen LogP) is 3.82. The van der Waals surface area contributed by atoms with Gasteiger partial charge in [0.2, 0.25) is 5.91 Å². The smallest absolute Gasteiger partial charge is 0.226 e. The van der Waals surface area contributed by atoms with E-state index in [1.165, 1.54) is 5.56 Å². The van der Waals surface area contributed by atoms with Crippen molar-refractivity contribution in [1.82, 2.24) is 14.9 Å². The number of rotatable bonds is 3. The number of carbonyl (C=O) groups excluding carboxylic acids is 1. The topological polar surface area (TPSA) is 49.0 Å². The fourth-order valence-electron chi connectivity index (χ4n) is 3.65. The Labute approximate surface area is 147 Å². The zero-order chi connectivity index (χ0) is 17.2. The van der Waals surface area contributed by atoms with Crippen molar-refractivity contribution in [2.75, 3.05) is 13.1 Å². The number of aromatic amines is 1. The van der Waals surface area contributed by atoms with Gasteiger partial charge in [0.05, 0.1) is 17.5 Å². The molecule has 25 heavy (non-hydrogen) atoms. The van der Waals surface area contributed by atoms with Crippen LogP contribution in [0.5, 0.6) is 0 Å². The van der Waals surface area contributed by atoms with Gasteiger partial charge in [0, 0.05) is 19.0 Å². The van der Waals surface area contributed by atoms with Crippen LogP contribution >= 0.6 is 0 Å². The molecule has 4 rings (SSSR count). The SMILES string of the molecule is Cc1ccccc1CC(=O)N1CCC(c2nc3ccccc3[nH]2)CC1. The number of para-hydroxylation sites is 2. The minimum atomic E-state index is 0.234. The van der Waals surface area contributed by atoms with Crippen molar-refractivity contribution in [3.8, 4) is 0 Å². The summed E-state index contributed by atoms with van der Waals surface area (Å²) in [6, 6.07) is 16.3. The lowest BCUT2D eigenvalue weighted by Gasteiger charge is -2.31. The summed E-state index contributed by atoms with van der Waals surface area (Å²) in [4.78, 5) is 22.8. The highest BCUT2D eigenvalue weighted by Gasteiger charge is 2.25. The van der Waals surface area contributed by atoms with Crippen molar-refractivity contribution in [2.24, 2.45) is 0 Å². The molecular formula is C21H23N3O. The lowest BCUT2D eigenvalue weighted by atomic mass is 9.95. The molecule has 1 aromatic heterocycles. The Morgan fingerprint density at radius 1 is 1.12 bits per heavy atom. The van der Waals surface area contributed by atoms with Crippen LogP contribution in [0.4, 0.5) is 0 Å². The highest BCUT2D eigenvalue weighted by Crippen LogP contribution is 2.28. The van der Waals surface area contributed by atoms with E-state index in [0.29, 0.717) is 12.3 Å². The Morgan fingerprint density at radius 2 is 1.84 bits per heavy atom. The molecular weight excluding hydrogens is 310 g/mol. The second kappa shape index (κ2) is 6.71. The molecule has 1 aliphatic rings. The Kier molecular flexibility index (Phi) is 4.26. The molecule has 1 N–H and O–H groups in total. The van der Waals surface area contributed by atoms with Gasteiger partial charge in [-0.3, -0.25) is 4.79 Å². The van der Waals surface area contributed by atoms with E-state index in [4.69, 9.17) is 4.98 Å². The van der Waals surface area contributed by atoms with Gasteiger partial charge in [0.25, 0.3) is 0 Å². The van der Waals surface area contributed by atoms with Crippen molar-refractivity contribution in [1.29, 1.82) is 0 Å². The van der Waals surface area contributed by atoms with Crippen LogP contribution in [-0.2, 0) is 11.2 Å². The predicted molar refractivity (Wildman–Crippen MR) is 99.5 cm³/mol. The van der Waals surface area contributed by atoms with Gasteiger partial charge in [-0.15, -0.1) is 0 Å². The molecule has 1 fully saturated rings. The largest absolute Gasteiger partial charge is 0.342 e. The normalized spacial score (nSPS) is 15.6. The first-order valence-corrected chi connectivity index (χ1v) is 8.97. The van der Waals surface area contributed by atoms with E-state index < -0.39 is 0 Å². The fraction of sp³-hybridized carbons (Fsp3) is 0.333. The van der Waals surface area contributed by atoms with Crippen LogP contribution in [0.15, 0.2) is 48.5 Å². The third kappa shape index (κ3) is 3.29. The Hall–Kier alpha value is -2.62. The molecule has 3 aromatic rings. The van der Waals surface area contributed by atoms with Gasteiger partial charge in [0.15, 0.2) is 0 Å². The summed E-state index contributed by atoms with van der Waals surface area (Å²) >= 11 is 0. The summed E-state index contributed by atoms with van der Waals surface area (Å²) in [5.41, 5.74) is 4.44. The number of fused-ring (bicyclic) bond motifs is 1. The minimum absolute atomic E-state index is 0.234. The van der Waals surface area contributed by atoms with Crippen LogP contribution in [0, 0.1) is 6.92 Å². The second-order valence-electron chi connectivity index (χ2n) is 6.90. The molecule has 128 valence electrons. The van der Waals surface area contributed by atoms with Crippen LogP contribution in [0.1, 0.15) is 35.7 Å². The van der Waals surface area contributed by atoms with Gasteiger partial charge in [0.1, 0.15) is 5.82 Å². The zero-order valence-electron chi connectivity index (χ0n) is 14.5. The van der Waals surface area contributed by atoms with E-state index in [-0.39, 0.29) is 5.91 Å². The Bertz CT molecular complexity index is 858. The lowest BCUT2D eigenvalue weighted by molar-refractivity contribution is -0.131. The monoisotopic (exact) mass is 333 g/mol. The molecule has 0 atom stereocenters. The van der Waals surface area contributed by atoms with Crippen LogP contribution < -0.4 is 0 Å². The minimum Gasteiger partial charge on any atom is -0.342 e. The number of likely N-dealkylation sites (tertiary alicyclic amines) is 1. The number of benzene rings is 2. The standard InChI is InChI=1S/C21H23N3O/c1-15-6-2-3-7-17(15)14-20(25)24-12-10-16(11-13-24)21-22-18-8-4-5-9-19(18)23-21/h2-9,16H,10-14H2,1H3,(H,22,23). The molecule has 4 heteroatoms. The number of nitrogens with one attached hydrogen (secondary N) is 1. The van der Waals surface area contributed by atoms with E-state index >= 15 is 0 Å². The van der Waals surface area contributed by atoms with Gasteiger partial charge in [-0.25, -0.2) is 4.98 Å². The fourth-order valence-corrected chi connectivity index (χ4v) is 3.65. The van der Waals surface area contributed by atoms with Crippen LogP contribution in [0.3, 0.4) is 0 Å². The number of nitrogens with zero attached hydrogens (tertiary/aromatic N) is 2. The van der Waals surface area contributed by atoms with Crippen molar-refractivity contribution in [3.63, 3.8) is 0 Å². The van der Waals surface area contributed by atoms with Crippen molar-refractivity contribution >= 4 is 16.9 Å². The van der Waals surface area contributed by atoms with E-state index in [0.717, 1.165) is 48.4 Å². The molecule has 0 radical (unpaired) electrons. The first kappa shape index (κ1) is 15.9. The van der Waals surface area contributed by atoms with Crippen molar-refractivity contribution in [3.05, 3.63) is 65.5 Å². The molecule has 1 amide bonds. The van der Waals surface area contributed by atoms with Gasteiger partial charge < -0.3 is 9.88 Å². The summed E-state index contributed by atoms with van der Waals surface area (Å²) < 4.78 is 0. The van der Waals surface area contributed by atoms with Gasteiger partial charge in [-0.05, 0) is 43.0 Å². The number of H-pyrrole nitrogens is 1. The maximum absolute atomic E-state index is 12.6. The molecule has 1 saturated heterocycles. The molecule has 0 spiro atoms. The Morgan fingerprint density at radius 3 is 2.60 bits per heavy atom. The summed E-state index contributed by atoms with van der Waals surface area (Å²) in [5, 5.41) is 0. The van der Waals surface area contributed by atoms with E-state index in [2.05, 4.69) is 24.0 Å². The van der Waals surface area contributed by atoms with Gasteiger partial charge in [-0.2, -0.15) is 0 Å². The summed E-state index contributed by atoms with van der Waals surface area (Å²) in [6.07, 6.45) is 2.45. The highest BCUT2D eigenvalue weighted by molar-refractivity contribution is 5.79. The van der Waals surface area contributed by atoms with E-state index in [1.54, 1.807) is 0 Å². The lowest BCUT2D eigenvalue weighted by Crippen LogP contribution is -2.39. The zero-order valence-corrected chi connectivity index (χ0v) is 14.5. The average molecular weight is 333 g/mol. The van der Waals surface area contributed by atoms with Crippen LogP contribution in [0.2, 0.25) is 0 Å². The number of hydrogen-bond donors (Lipinski definition) is 1. The van der Waals surface area contributed by atoms with Gasteiger partial charge in [-0.1, -0.05) is 36.4 Å². The van der Waals surface area contributed by atoms with Crippen LogP contribution in [-0.4, -0.2) is 33.9 Å². The quantitative estimate of drug-likeness (QED) is 0.792. The van der Waals surface area contributed by atoms with Crippen molar-refractivity contribution < 1.29 is 4.79 Å². The number of imidazole rings is 1. The number of hydrogen-bond acceptors (Lipinski definition) is 2. The van der Waals surface area contributed by atoms with E-state index in [1.807, 2.05) is 41.3 Å².